The van der Waals surface area contributed by atoms with E-state index in [0.29, 0.717) is 13.1 Å². The Morgan fingerprint density at radius 3 is 2.27 bits per heavy atom. The van der Waals surface area contributed by atoms with Crippen molar-refractivity contribution >= 4 is 25.7 Å². The van der Waals surface area contributed by atoms with Crippen molar-refractivity contribution in [3.63, 3.8) is 0 Å². The van der Waals surface area contributed by atoms with Crippen molar-refractivity contribution in [3.8, 4) is 5.75 Å². The summed E-state index contributed by atoms with van der Waals surface area (Å²) in [5, 5.41) is 0. The Hall–Kier alpha value is -2.10. The molecule has 1 aliphatic heterocycles. The molecule has 2 aliphatic rings. The molecule has 0 radical (unpaired) electrons. The fraction of sp³-hybridized carbons (Fsp3) is 0.429. The second-order valence-corrected chi connectivity index (χ2v) is 11.3. The number of ether oxygens (including phenoxy) is 1. The standard InChI is InChI=1S/C21H26N2O5S2/c1-28-21-11-10-19(30(26,27)23-12-3-2-4-13-23)15-20(21)22-29(24,25)18-9-8-16-6-5-7-17(16)14-18/h8-11,14-15,22H,2-7,12-13H2,1H3. The van der Waals surface area contributed by atoms with Gasteiger partial charge in [-0.25, -0.2) is 16.8 Å². The molecule has 2 aromatic carbocycles. The Morgan fingerprint density at radius 2 is 1.53 bits per heavy atom. The minimum Gasteiger partial charge on any atom is -0.495 e. The van der Waals surface area contributed by atoms with Crippen LogP contribution in [-0.4, -0.2) is 41.3 Å². The zero-order valence-electron chi connectivity index (χ0n) is 16.9. The number of benzene rings is 2. The third kappa shape index (κ3) is 4.06. The molecule has 1 heterocycles. The summed E-state index contributed by atoms with van der Waals surface area (Å²) < 4.78 is 61.3. The van der Waals surface area contributed by atoms with Gasteiger partial charge < -0.3 is 4.74 Å². The van der Waals surface area contributed by atoms with Crippen LogP contribution in [-0.2, 0) is 32.9 Å². The minimum atomic E-state index is -3.89. The van der Waals surface area contributed by atoms with Gasteiger partial charge in [0, 0.05) is 13.1 Å². The van der Waals surface area contributed by atoms with E-state index in [4.69, 9.17) is 4.74 Å². The van der Waals surface area contributed by atoms with Gasteiger partial charge in [0.2, 0.25) is 10.0 Å². The molecule has 7 nitrogen and oxygen atoms in total. The molecule has 1 saturated heterocycles. The maximum atomic E-state index is 13.0. The monoisotopic (exact) mass is 450 g/mol. The number of fused-ring (bicyclic) bond motifs is 1. The predicted octanol–water partition coefficient (Wildman–Crippen LogP) is 3.16. The molecule has 162 valence electrons. The normalized spacial score (nSPS) is 17.5. The molecule has 0 aromatic heterocycles. The SMILES string of the molecule is COc1ccc(S(=O)(=O)N2CCCCC2)cc1NS(=O)(=O)c1ccc2c(c1)CCC2. The van der Waals surface area contributed by atoms with Crippen molar-refractivity contribution < 1.29 is 21.6 Å². The van der Waals surface area contributed by atoms with Crippen LogP contribution in [0.5, 0.6) is 5.75 Å². The molecule has 0 atom stereocenters. The van der Waals surface area contributed by atoms with E-state index >= 15 is 0 Å². The van der Waals surface area contributed by atoms with Gasteiger partial charge in [0.1, 0.15) is 5.75 Å². The molecular formula is C21H26N2O5S2. The van der Waals surface area contributed by atoms with Crippen molar-refractivity contribution in [1.29, 1.82) is 0 Å². The van der Waals surface area contributed by atoms with Crippen molar-refractivity contribution in [2.24, 2.45) is 0 Å². The largest absolute Gasteiger partial charge is 0.495 e. The van der Waals surface area contributed by atoms with Crippen LogP contribution in [0.1, 0.15) is 36.8 Å². The maximum absolute atomic E-state index is 13.0. The van der Waals surface area contributed by atoms with Crippen LogP contribution in [0.25, 0.3) is 0 Å². The molecule has 0 spiro atoms. The molecule has 0 unspecified atom stereocenters. The Labute approximate surface area is 178 Å². The van der Waals surface area contributed by atoms with Crippen LogP contribution >= 0.6 is 0 Å². The molecule has 4 rings (SSSR count). The van der Waals surface area contributed by atoms with E-state index in [1.165, 1.54) is 35.2 Å². The second kappa shape index (κ2) is 8.20. The molecule has 1 aliphatic carbocycles. The second-order valence-electron chi connectivity index (χ2n) is 7.72. The Balaban J connectivity index is 1.67. The van der Waals surface area contributed by atoms with E-state index in [-0.39, 0.29) is 21.2 Å². The third-order valence-electron chi connectivity index (χ3n) is 5.75. The van der Waals surface area contributed by atoms with E-state index in [9.17, 15) is 16.8 Å². The Bertz CT molecular complexity index is 1150. The van der Waals surface area contributed by atoms with Gasteiger partial charge in [0.25, 0.3) is 10.0 Å². The number of anilines is 1. The van der Waals surface area contributed by atoms with Crippen LogP contribution in [0.15, 0.2) is 46.2 Å². The summed E-state index contributed by atoms with van der Waals surface area (Å²) in [5.41, 5.74) is 2.34. The van der Waals surface area contributed by atoms with Crippen molar-refractivity contribution in [2.75, 3.05) is 24.9 Å². The molecule has 1 fully saturated rings. The number of hydrogen-bond acceptors (Lipinski definition) is 5. The number of nitrogens with zero attached hydrogens (tertiary/aromatic N) is 1. The molecule has 0 bridgehead atoms. The quantitative estimate of drug-likeness (QED) is 0.730. The lowest BCUT2D eigenvalue weighted by atomic mass is 10.1. The van der Waals surface area contributed by atoms with Crippen molar-refractivity contribution in [2.45, 2.75) is 48.3 Å². The first-order valence-corrected chi connectivity index (χ1v) is 13.1. The highest BCUT2D eigenvalue weighted by Gasteiger charge is 2.28. The van der Waals surface area contributed by atoms with Crippen LogP contribution in [0.3, 0.4) is 0 Å². The smallest absolute Gasteiger partial charge is 0.262 e. The summed E-state index contributed by atoms with van der Waals surface area (Å²) in [6.07, 6.45) is 5.52. The maximum Gasteiger partial charge on any atom is 0.262 e. The van der Waals surface area contributed by atoms with Gasteiger partial charge in [-0.15, -0.1) is 0 Å². The zero-order valence-corrected chi connectivity index (χ0v) is 18.6. The number of methoxy groups -OCH3 is 1. The minimum absolute atomic E-state index is 0.0526. The number of sulfonamides is 2. The summed E-state index contributed by atoms with van der Waals surface area (Å²) in [4.78, 5) is 0.214. The highest BCUT2D eigenvalue weighted by atomic mass is 32.2. The summed E-state index contributed by atoms with van der Waals surface area (Å²) in [6.45, 7) is 0.953. The van der Waals surface area contributed by atoms with E-state index in [2.05, 4.69) is 4.72 Å². The van der Waals surface area contributed by atoms with Gasteiger partial charge in [0.15, 0.2) is 0 Å². The molecule has 2 aromatic rings. The molecule has 0 saturated carbocycles. The highest BCUT2D eigenvalue weighted by Crippen LogP contribution is 2.32. The van der Waals surface area contributed by atoms with E-state index in [1.54, 1.807) is 12.1 Å². The van der Waals surface area contributed by atoms with Crippen molar-refractivity contribution in [3.05, 3.63) is 47.5 Å². The summed E-state index contributed by atoms with van der Waals surface area (Å²) in [5.74, 6) is 0.261. The predicted molar refractivity (Wildman–Crippen MR) is 115 cm³/mol. The molecule has 1 N–H and O–H groups in total. The lowest BCUT2D eigenvalue weighted by Gasteiger charge is -2.26. The first-order chi connectivity index (χ1) is 14.3. The molecule has 30 heavy (non-hydrogen) atoms. The summed E-state index contributed by atoms with van der Waals surface area (Å²) in [7, 11) is -6.17. The van der Waals surface area contributed by atoms with E-state index in [0.717, 1.165) is 44.1 Å². The summed E-state index contributed by atoms with van der Waals surface area (Å²) >= 11 is 0. The Morgan fingerprint density at radius 1 is 0.833 bits per heavy atom. The van der Waals surface area contributed by atoms with Gasteiger partial charge in [0.05, 0.1) is 22.6 Å². The van der Waals surface area contributed by atoms with Gasteiger partial charge in [-0.05, 0) is 73.6 Å². The molecular weight excluding hydrogens is 424 g/mol. The molecule has 0 amide bonds. The fourth-order valence-corrected chi connectivity index (χ4v) is 6.76. The van der Waals surface area contributed by atoms with Crippen LogP contribution in [0.2, 0.25) is 0 Å². The zero-order chi connectivity index (χ0) is 21.4. The van der Waals surface area contributed by atoms with Gasteiger partial charge in [-0.1, -0.05) is 12.5 Å². The van der Waals surface area contributed by atoms with Gasteiger partial charge >= 0.3 is 0 Å². The van der Waals surface area contributed by atoms with E-state index in [1.807, 2.05) is 6.07 Å². The highest BCUT2D eigenvalue weighted by molar-refractivity contribution is 7.92. The lowest BCUT2D eigenvalue weighted by Crippen LogP contribution is -2.35. The van der Waals surface area contributed by atoms with Crippen LogP contribution in [0.4, 0.5) is 5.69 Å². The van der Waals surface area contributed by atoms with Gasteiger partial charge in [-0.3, -0.25) is 4.72 Å². The van der Waals surface area contributed by atoms with E-state index < -0.39 is 20.0 Å². The van der Waals surface area contributed by atoms with Crippen LogP contribution < -0.4 is 9.46 Å². The lowest BCUT2D eigenvalue weighted by molar-refractivity contribution is 0.346. The number of hydrogen-bond donors (Lipinski definition) is 1. The number of aryl methyl sites for hydroxylation is 2. The molecule has 9 heteroatoms. The number of rotatable bonds is 6. The van der Waals surface area contributed by atoms with Gasteiger partial charge in [-0.2, -0.15) is 4.31 Å². The first-order valence-electron chi connectivity index (χ1n) is 10.1. The third-order valence-corrected chi connectivity index (χ3v) is 9.01. The fourth-order valence-electron chi connectivity index (χ4n) is 4.10. The topological polar surface area (TPSA) is 92.8 Å². The average molecular weight is 451 g/mol. The Kier molecular flexibility index (Phi) is 5.78. The van der Waals surface area contributed by atoms with Crippen molar-refractivity contribution in [1.82, 2.24) is 4.31 Å². The average Bonchev–Trinajstić information content (AvgIpc) is 3.22. The number of piperidine rings is 1. The van der Waals surface area contributed by atoms with Crippen LogP contribution in [0, 0.1) is 0 Å². The first kappa shape index (κ1) is 21.1. The number of nitrogens with one attached hydrogen (secondary N) is 1. The summed E-state index contributed by atoms with van der Waals surface area (Å²) in [6, 6.07) is 9.42.